The van der Waals surface area contributed by atoms with E-state index >= 15 is 0 Å². The maximum absolute atomic E-state index is 10.3. The Balaban J connectivity index is 1.87. The van der Waals surface area contributed by atoms with Gasteiger partial charge in [-0.3, -0.25) is 9.98 Å². The highest BCUT2D eigenvalue weighted by atomic mass is 16.5. The van der Waals surface area contributed by atoms with Crippen LogP contribution in [0.1, 0.15) is 5.56 Å². The summed E-state index contributed by atoms with van der Waals surface area (Å²) in [4.78, 5) is 8.26. The summed E-state index contributed by atoms with van der Waals surface area (Å²) in [7, 11) is 1.48. The minimum absolute atomic E-state index is 0.0320. The summed E-state index contributed by atoms with van der Waals surface area (Å²) < 4.78 is 5.06. The minimum Gasteiger partial charge on any atom is -0.506 e. The maximum atomic E-state index is 10.3. The molecule has 6 nitrogen and oxygen atoms in total. The second kappa shape index (κ2) is 6.45. The van der Waals surface area contributed by atoms with Gasteiger partial charge < -0.3 is 20.1 Å². The summed E-state index contributed by atoms with van der Waals surface area (Å²) in [5, 5.41) is 30.3. The molecule has 0 bridgehead atoms. The van der Waals surface area contributed by atoms with Gasteiger partial charge in [0.1, 0.15) is 17.0 Å². The molecule has 122 valence electrons. The highest BCUT2D eigenvalue weighted by Crippen LogP contribution is 2.39. The molecule has 0 aliphatic heterocycles. The molecular weight excluding hydrogens is 308 g/mol. The number of pyridine rings is 1. The van der Waals surface area contributed by atoms with Crippen molar-refractivity contribution in [1.29, 1.82) is 0 Å². The van der Waals surface area contributed by atoms with E-state index in [0.29, 0.717) is 23.1 Å². The van der Waals surface area contributed by atoms with Crippen LogP contribution in [0, 0.1) is 0 Å². The van der Waals surface area contributed by atoms with Crippen LogP contribution in [0.25, 0.3) is 10.9 Å². The zero-order chi connectivity index (χ0) is 17.1. The molecule has 0 radical (unpaired) electrons. The first-order valence-corrected chi connectivity index (χ1v) is 7.28. The fourth-order valence-electron chi connectivity index (χ4n) is 2.40. The number of aromatic nitrogens is 1. The van der Waals surface area contributed by atoms with Crippen molar-refractivity contribution in [2.45, 2.75) is 6.42 Å². The Morgan fingerprint density at radius 2 is 1.96 bits per heavy atom. The SMILES string of the molecule is COc1cc(CC=Nc2cc(O)c3ncccc3c2O)ccc1O. The summed E-state index contributed by atoms with van der Waals surface area (Å²) in [6.07, 6.45) is 3.63. The van der Waals surface area contributed by atoms with Crippen LogP contribution < -0.4 is 4.74 Å². The van der Waals surface area contributed by atoms with Crippen LogP contribution in [0.15, 0.2) is 47.6 Å². The van der Waals surface area contributed by atoms with E-state index in [-0.39, 0.29) is 22.9 Å². The number of rotatable bonds is 4. The number of aliphatic imine (C=N–C) groups is 1. The Kier molecular flexibility index (Phi) is 4.20. The monoisotopic (exact) mass is 324 g/mol. The van der Waals surface area contributed by atoms with Crippen molar-refractivity contribution < 1.29 is 20.1 Å². The van der Waals surface area contributed by atoms with Gasteiger partial charge in [-0.25, -0.2) is 0 Å². The van der Waals surface area contributed by atoms with Gasteiger partial charge in [0.05, 0.1) is 7.11 Å². The number of aromatic hydroxyl groups is 3. The van der Waals surface area contributed by atoms with Gasteiger partial charge in [-0.05, 0) is 29.8 Å². The van der Waals surface area contributed by atoms with E-state index in [2.05, 4.69) is 9.98 Å². The molecule has 0 saturated carbocycles. The number of phenolic OH excluding ortho intramolecular Hbond substituents is 3. The predicted octanol–water partition coefficient (Wildman–Crippen LogP) is 3.31. The number of fused-ring (bicyclic) bond motifs is 1. The van der Waals surface area contributed by atoms with Crippen molar-refractivity contribution in [3.8, 4) is 23.0 Å². The van der Waals surface area contributed by atoms with Crippen LogP contribution in [-0.2, 0) is 6.42 Å². The Morgan fingerprint density at radius 3 is 2.75 bits per heavy atom. The maximum Gasteiger partial charge on any atom is 0.160 e. The third-order valence-electron chi connectivity index (χ3n) is 3.62. The number of nitrogens with zero attached hydrogens (tertiary/aromatic N) is 2. The third-order valence-corrected chi connectivity index (χ3v) is 3.62. The average Bonchev–Trinajstić information content (AvgIpc) is 2.60. The molecule has 1 heterocycles. The molecule has 3 rings (SSSR count). The summed E-state index contributed by atoms with van der Waals surface area (Å²) in [5.41, 5.74) is 1.48. The molecule has 24 heavy (non-hydrogen) atoms. The zero-order valence-corrected chi connectivity index (χ0v) is 13.0. The molecule has 0 spiro atoms. The lowest BCUT2D eigenvalue weighted by Gasteiger charge is -2.06. The Morgan fingerprint density at radius 1 is 1.12 bits per heavy atom. The smallest absolute Gasteiger partial charge is 0.160 e. The predicted molar refractivity (Wildman–Crippen MR) is 91.6 cm³/mol. The Labute approximate surface area is 138 Å². The van der Waals surface area contributed by atoms with Crippen LogP contribution in [0.3, 0.4) is 0 Å². The fourth-order valence-corrected chi connectivity index (χ4v) is 2.40. The van der Waals surface area contributed by atoms with Crippen molar-refractivity contribution in [3.05, 3.63) is 48.2 Å². The van der Waals surface area contributed by atoms with Crippen LogP contribution in [0.5, 0.6) is 23.0 Å². The van der Waals surface area contributed by atoms with Crippen LogP contribution in [0.4, 0.5) is 5.69 Å². The van der Waals surface area contributed by atoms with Gasteiger partial charge in [-0.1, -0.05) is 6.07 Å². The standard InChI is InChI=1S/C18H16N2O4/c1-24-16-9-11(4-5-14(16)21)6-8-19-13-10-15(22)17-12(18(13)23)3-2-7-20-17/h2-5,7-10,21-23H,6H2,1H3. The van der Waals surface area contributed by atoms with Crippen LogP contribution >= 0.6 is 0 Å². The number of phenols is 3. The zero-order valence-electron chi connectivity index (χ0n) is 13.0. The van der Waals surface area contributed by atoms with Gasteiger partial charge in [0.15, 0.2) is 17.2 Å². The fraction of sp³-hybridized carbons (Fsp3) is 0.111. The molecule has 0 aliphatic carbocycles. The highest BCUT2D eigenvalue weighted by Gasteiger charge is 2.10. The van der Waals surface area contributed by atoms with Gasteiger partial charge >= 0.3 is 0 Å². The highest BCUT2D eigenvalue weighted by molar-refractivity contribution is 5.94. The topological polar surface area (TPSA) is 95.2 Å². The van der Waals surface area contributed by atoms with Crippen LogP contribution in [0.2, 0.25) is 0 Å². The van der Waals surface area contributed by atoms with E-state index in [4.69, 9.17) is 4.74 Å². The van der Waals surface area contributed by atoms with Crippen molar-refractivity contribution in [2.75, 3.05) is 7.11 Å². The number of ether oxygens (including phenoxy) is 1. The van der Waals surface area contributed by atoms with Crippen molar-refractivity contribution in [1.82, 2.24) is 4.98 Å². The molecule has 3 N–H and O–H groups in total. The molecule has 1 aromatic heterocycles. The second-order valence-electron chi connectivity index (χ2n) is 5.18. The largest absolute Gasteiger partial charge is 0.506 e. The van der Waals surface area contributed by atoms with E-state index in [1.54, 1.807) is 42.7 Å². The summed E-state index contributed by atoms with van der Waals surface area (Å²) in [6, 6.07) is 9.74. The molecule has 0 aliphatic rings. The lowest BCUT2D eigenvalue weighted by Crippen LogP contribution is -1.89. The first-order chi connectivity index (χ1) is 11.6. The van der Waals surface area contributed by atoms with Gasteiger partial charge in [-0.15, -0.1) is 0 Å². The van der Waals surface area contributed by atoms with Gasteiger partial charge in [-0.2, -0.15) is 0 Å². The van der Waals surface area contributed by atoms with Crippen molar-refractivity contribution in [2.24, 2.45) is 4.99 Å². The lowest BCUT2D eigenvalue weighted by molar-refractivity contribution is 0.373. The summed E-state index contributed by atoms with van der Waals surface area (Å²) in [6.45, 7) is 0. The molecular formula is C18H16N2O4. The van der Waals surface area contributed by atoms with E-state index in [9.17, 15) is 15.3 Å². The molecule has 6 heteroatoms. The van der Waals surface area contributed by atoms with E-state index in [1.807, 2.05) is 0 Å². The van der Waals surface area contributed by atoms with E-state index < -0.39 is 0 Å². The first kappa shape index (κ1) is 15.6. The molecule has 0 fully saturated rings. The molecule has 0 unspecified atom stereocenters. The molecule has 0 amide bonds. The number of methoxy groups -OCH3 is 1. The third kappa shape index (κ3) is 2.94. The van der Waals surface area contributed by atoms with E-state index in [0.717, 1.165) is 5.56 Å². The van der Waals surface area contributed by atoms with Gasteiger partial charge in [0, 0.05) is 30.3 Å². The number of hydrogen-bond acceptors (Lipinski definition) is 6. The van der Waals surface area contributed by atoms with E-state index in [1.165, 1.54) is 13.2 Å². The molecule has 2 aromatic carbocycles. The van der Waals surface area contributed by atoms with Gasteiger partial charge in [0.2, 0.25) is 0 Å². The minimum atomic E-state index is -0.0400. The average molecular weight is 324 g/mol. The Bertz CT molecular complexity index is 922. The lowest BCUT2D eigenvalue weighted by atomic mass is 10.1. The molecule has 0 saturated heterocycles. The summed E-state index contributed by atoms with van der Waals surface area (Å²) in [5.74, 6) is 0.387. The number of hydrogen-bond donors (Lipinski definition) is 3. The number of benzene rings is 2. The normalized spacial score (nSPS) is 11.2. The second-order valence-corrected chi connectivity index (χ2v) is 5.18. The quantitative estimate of drug-likeness (QED) is 0.505. The summed E-state index contributed by atoms with van der Waals surface area (Å²) >= 11 is 0. The molecule has 3 aromatic rings. The first-order valence-electron chi connectivity index (χ1n) is 7.28. The van der Waals surface area contributed by atoms with Gasteiger partial charge in [0.25, 0.3) is 0 Å². The van der Waals surface area contributed by atoms with Crippen molar-refractivity contribution >= 4 is 22.8 Å². The Hall–Kier alpha value is -3.28. The van der Waals surface area contributed by atoms with Crippen LogP contribution in [-0.4, -0.2) is 33.6 Å². The molecule has 0 atom stereocenters. The van der Waals surface area contributed by atoms with Crippen molar-refractivity contribution in [3.63, 3.8) is 0 Å².